The first kappa shape index (κ1) is 22.1. The number of hydrogen-bond donors (Lipinski definition) is 1. The smallest absolute Gasteiger partial charge is 0.410 e. The fourth-order valence-corrected chi connectivity index (χ4v) is 4.17. The molecule has 0 aliphatic carbocycles. The number of piperidine rings is 1. The van der Waals surface area contributed by atoms with Gasteiger partial charge in [0.05, 0.1) is 17.5 Å². The van der Waals surface area contributed by atoms with E-state index in [0.717, 1.165) is 6.42 Å². The maximum absolute atomic E-state index is 12.8. The number of nitriles is 1. The summed E-state index contributed by atoms with van der Waals surface area (Å²) in [5.74, 6) is 1.18. The van der Waals surface area contributed by atoms with Crippen LogP contribution in [0.15, 0.2) is 42.9 Å². The molecule has 0 unspecified atom stereocenters. The first-order valence-electron chi connectivity index (χ1n) is 10.7. The Morgan fingerprint density at radius 1 is 1.27 bits per heavy atom. The van der Waals surface area contributed by atoms with Gasteiger partial charge in [0.15, 0.2) is 5.65 Å². The molecule has 4 rings (SSSR count). The van der Waals surface area contributed by atoms with E-state index in [1.54, 1.807) is 41.4 Å². The summed E-state index contributed by atoms with van der Waals surface area (Å²) in [5, 5.41) is 9.57. The highest BCUT2D eigenvalue weighted by Crippen LogP contribution is 2.30. The van der Waals surface area contributed by atoms with Crippen LogP contribution in [0.3, 0.4) is 0 Å². The molecule has 170 valence electrons. The lowest BCUT2D eigenvalue weighted by Crippen LogP contribution is -2.52. The summed E-state index contributed by atoms with van der Waals surface area (Å²) in [6.07, 6.45) is 3.12. The third kappa shape index (κ3) is 4.43. The fraction of sp³-hybridized carbons (Fsp3) is 0.348. The summed E-state index contributed by atoms with van der Waals surface area (Å²) in [5.41, 5.74) is 6.68. The Morgan fingerprint density at radius 3 is 2.76 bits per heavy atom. The largest absolute Gasteiger partial charge is 0.425 e. The molecule has 3 heterocycles. The van der Waals surface area contributed by atoms with Crippen LogP contribution in [-0.4, -0.2) is 57.6 Å². The lowest BCUT2D eigenvalue weighted by Gasteiger charge is -2.42. The summed E-state index contributed by atoms with van der Waals surface area (Å²) in [7, 11) is 1.92. The zero-order chi connectivity index (χ0) is 23.5. The van der Waals surface area contributed by atoms with Gasteiger partial charge in [-0.05, 0) is 42.7 Å². The predicted octanol–water partition coefficient (Wildman–Crippen LogP) is 2.65. The molecule has 1 fully saturated rings. The Labute approximate surface area is 191 Å². The van der Waals surface area contributed by atoms with E-state index in [4.69, 9.17) is 15.7 Å². The summed E-state index contributed by atoms with van der Waals surface area (Å²) in [6.45, 7) is 3.28. The highest BCUT2D eigenvalue weighted by atomic mass is 16.6. The lowest BCUT2D eigenvalue weighted by molar-refractivity contribution is -0.131. The van der Waals surface area contributed by atoms with Crippen molar-refractivity contribution in [1.29, 1.82) is 5.26 Å². The number of carbonyl (C=O) groups is 2. The molecule has 0 radical (unpaired) electrons. The van der Waals surface area contributed by atoms with Crippen molar-refractivity contribution in [2.45, 2.75) is 25.8 Å². The average molecular weight is 447 g/mol. The number of carbonyl (C=O) groups excluding carboxylic acids is 2. The van der Waals surface area contributed by atoms with Crippen LogP contribution >= 0.6 is 0 Å². The zero-order valence-electron chi connectivity index (χ0n) is 18.5. The zero-order valence-corrected chi connectivity index (χ0v) is 18.5. The van der Waals surface area contributed by atoms with Crippen molar-refractivity contribution in [2.75, 3.05) is 30.8 Å². The first-order valence-corrected chi connectivity index (χ1v) is 10.7. The maximum Gasteiger partial charge on any atom is 0.425 e. The molecule has 0 saturated carbocycles. The number of nitrogens with two attached hydrogens (primary N) is 1. The number of benzene rings is 1. The summed E-state index contributed by atoms with van der Waals surface area (Å²) < 4.78 is 6.77. The summed E-state index contributed by atoms with van der Waals surface area (Å²) >= 11 is 0. The molecule has 2 atom stereocenters. The van der Waals surface area contributed by atoms with Gasteiger partial charge in [0.2, 0.25) is 5.91 Å². The van der Waals surface area contributed by atoms with E-state index in [0.29, 0.717) is 47.3 Å². The van der Waals surface area contributed by atoms with Gasteiger partial charge in [-0.2, -0.15) is 5.26 Å². The van der Waals surface area contributed by atoms with Crippen LogP contribution in [0, 0.1) is 17.2 Å². The molecule has 0 bridgehead atoms. The molecule has 3 aromatic rings. The molecule has 1 aromatic carbocycles. The first-order chi connectivity index (χ1) is 15.9. The molecular formula is C23H25N7O3. The second kappa shape index (κ2) is 9.16. The van der Waals surface area contributed by atoms with Gasteiger partial charge in [-0.25, -0.2) is 19.3 Å². The number of ether oxygens (including phenoxy) is 1. The number of amides is 1. The minimum absolute atomic E-state index is 0.00423. The monoisotopic (exact) mass is 447 g/mol. The SMILES string of the molecule is C[C@@H]1CCN(C(=O)CC#N)C[C@@H]1N(C)c1ncnc2c1ccn2C(=O)Oc1ccc(N)cc1. The number of aromatic nitrogens is 3. The van der Waals surface area contributed by atoms with E-state index in [9.17, 15) is 9.59 Å². The van der Waals surface area contributed by atoms with Gasteiger partial charge in [-0.3, -0.25) is 4.79 Å². The van der Waals surface area contributed by atoms with Crippen LogP contribution in [0.4, 0.5) is 16.3 Å². The number of likely N-dealkylation sites (tertiary alicyclic amines) is 1. The Bertz CT molecular complexity index is 1220. The molecule has 33 heavy (non-hydrogen) atoms. The van der Waals surface area contributed by atoms with Crippen LogP contribution < -0.4 is 15.4 Å². The minimum Gasteiger partial charge on any atom is -0.410 e. The number of anilines is 2. The van der Waals surface area contributed by atoms with Gasteiger partial charge in [0, 0.05) is 32.0 Å². The van der Waals surface area contributed by atoms with Crippen molar-refractivity contribution in [2.24, 2.45) is 5.92 Å². The van der Waals surface area contributed by atoms with Crippen molar-refractivity contribution >= 4 is 34.5 Å². The third-order valence-electron chi connectivity index (χ3n) is 6.08. The molecule has 1 aliphatic heterocycles. The lowest BCUT2D eigenvalue weighted by atomic mass is 9.92. The van der Waals surface area contributed by atoms with Crippen LogP contribution in [-0.2, 0) is 4.79 Å². The topological polar surface area (TPSA) is 130 Å². The van der Waals surface area contributed by atoms with E-state index in [1.165, 1.54) is 10.9 Å². The van der Waals surface area contributed by atoms with Gasteiger partial charge in [0.1, 0.15) is 24.3 Å². The number of nitrogens with zero attached hydrogens (tertiary/aromatic N) is 6. The van der Waals surface area contributed by atoms with Crippen molar-refractivity contribution in [3.8, 4) is 11.8 Å². The van der Waals surface area contributed by atoms with E-state index < -0.39 is 6.09 Å². The van der Waals surface area contributed by atoms with Gasteiger partial charge < -0.3 is 20.3 Å². The number of hydrogen-bond acceptors (Lipinski definition) is 8. The van der Waals surface area contributed by atoms with Crippen LogP contribution in [0.5, 0.6) is 5.75 Å². The predicted molar refractivity (Wildman–Crippen MR) is 123 cm³/mol. The van der Waals surface area contributed by atoms with Crippen molar-refractivity contribution in [3.63, 3.8) is 0 Å². The average Bonchev–Trinajstić information content (AvgIpc) is 3.25. The van der Waals surface area contributed by atoms with E-state index in [2.05, 4.69) is 16.9 Å². The number of fused-ring (bicyclic) bond motifs is 1. The minimum atomic E-state index is -0.596. The number of likely N-dealkylation sites (N-methyl/N-ethyl adjacent to an activating group) is 1. The highest BCUT2D eigenvalue weighted by molar-refractivity contribution is 5.94. The molecule has 10 heteroatoms. The maximum atomic E-state index is 12.8. The fourth-order valence-electron chi connectivity index (χ4n) is 4.17. The molecule has 1 saturated heterocycles. The van der Waals surface area contributed by atoms with E-state index >= 15 is 0 Å². The van der Waals surface area contributed by atoms with Crippen molar-refractivity contribution in [1.82, 2.24) is 19.4 Å². The molecular weight excluding hydrogens is 422 g/mol. The molecule has 2 aromatic heterocycles. The van der Waals surface area contributed by atoms with E-state index in [1.807, 2.05) is 18.0 Å². The van der Waals surface area contributed by atoms with Crippen LogP contribution in [0.2, 0.25) is 0 Å². The number of rotatable bonds is 4. The summed E-state index contributed by atoms with van der Waals surface area (Å²) in [6, 6.07) is 10.3. The second-order valence-corrected chi connectivity index (χ2v) is 8.18. The molecule has 1 amide bonds. The molecule has 2 N–H and O–H groups in total. The second-order valence-electron chi connectivity index (χ2n) is 8.18. The normalized spacial score (nSPS) is 18.0. The van der Waals surface area contributed by atoms with Gasteiger partial charge in [0.25, 0.3) is 0 Å². The number of nitrogen functional groups attached to an aromatic ring is 1. The standard InChI is InChI=1S/C23H25N7O3/c1-15-8-11-29(20(31)7-10-24)13-19(15)28(2)21-18-9-12-30(22(18)27-14-26-21)23(32)33-17-5-3-16(25)4-6-17/h3-6,9,12,14-15,19H,7-8,11,13,25H2,1-2H3/t15-,19+/m1/s1. The molecule has 1 aliphatic rings. The summed E-state index contributed by atoms with van der Waals surface area (Å²) in [4.78, 5) is 37.5. The Morgan fingerprint density at radius 2 is 2.03 bits per heavy atom. The van der Waals surface area contributed by atoms with Gasteiger partial charge in [-0.1, -0.05) is 6.92 Å². The van der Waals surface area contributed by atoms with Crippen molar-refractivity contribution in [3.05, 3.63) is 42.9 Å². The van der Waals surface area contributed by atoms with Crippen LogP contribution in [0.1, 0.15) is 19.8 Å². The Kier molecular flexibility index (Phi) is 6.13. The van der Waals surface area contributed by atoms with Crippen molar-refractivity contribution < 1.29 is 14.3 Å². The Balaban J connectivity index is 1.59. The van der Waals surface area contributed by atoms with E-state index in [-0.39, 0.29) is 18.4 Å². The van der Waals surface area contributed by atoms with Gasteiger partial charge >= 0.3 is 6.09 Å². The Hall–Kier alpha value is -4.13. The molecule has 0 spiro atoms. The van der Waals surface area contributed by atoms with Gasteiger partial charge in [-0.15, -0.1) is 0 Å². The highest BCUT2D eigenvalue weighted by Gasteiger charge is 2.33. The van der Waals surface area contributed by atoms with Crippen LogP contribution in [0.25, 0.3) is 11.0 Å². The third-order valence-corrected chi connectivity index (χ3v) is 6.08. The quantitative estimate of drug-likeness (QED) is 0.604. The molecule has 10 nitrogen and oxygen atoms in total.